The molecule has 1 atom stereocenters. The topological polar surface area (TPSA) is 53.1 Å². The van der Waals surface area contributed by atoms with Crippen LogP contribution in [0.4, 0.5) is 9.18 Å². The third-order valence-electron chi connectivity index (χ3n) is 9.91. The fraction of sp³-hybridized carbons (Fsp3) is 0.750. The van der Waals surface area contributed by atoms with Crippen molar-refractivity contribution in [1.82, 2.24) is 14.7 Å². The number of halogens is 1. The summed E-state index contributed by atoms with van der Waals surface area (Å²) in [5, 5.41) is 0. The molecule has 4 fully saturated rings. The van der Waals surface area contributed by atoms with Gasteiger partial charge in [-0.3, -0.25) is 9.69 Å². The molecule has 0 aromatic heterocycles. The highest BCUT2D eigenvalue weighted by Crippen LogP contribution is 2.47. The molecule has 0 radical (unpaired) electrons. The van der Waals surface area contributed by atoms with E-state index in [1.165, 1.54) is 57.1 Å². The van der Waals surface area contributed by atoms with Crippen molar-refractivity contribution < 1.29 is 18.7 Å². The number of nitrogens with zero attached hydrogens (tertiary/aromatic N) is 3. The van der Waals surface area contributed by atoms with E-state index in [0.29, 0.717) is 24.5 Å². The van der Waals surface area contributed by atoms with Crippen LogP contribution in [-0.2, 0) is 9.53 Å². The van der Waals surface area contributed by atoms with Gasteiger partial charge in [0, 0.05) is 32.2 Å². The molecule has 39 heavy (non-hydrogen) atoms. The summed E-state index contributed by atoms with van der Waals surface area (Å²) in [5.41, 5.74) is 1.22. The second-order valence-corrected chi connectivity index (χ2v) is 13.3. The van der Waals surface area contributed by atoms with Crippen LogP contribution in [0, 0.1) is 17.2 Å². The Labute approximate surface area is 235 Å². The number of hydrogen-bond acceptors (Lipinski definition) is 4. The average molecular weight is 544 g/mol. The zero-order chi connectivity index (χ0) is 28.0. The summed E-state index contributed by atoms with van der Waals surface area (Å²) in [7, 11) is 0. The predicted octanol–water partition coefficient (Wildman–Crippen LogP) is 6.45. The molecule has 0 spiro atoms. The van der Waals surface area contributed by atoms with Crippen molar-refractivity contribution in [3.05, 3.63) is 35.6 Å². The molecule has 0 unspecified atom stereocenters. The van der Waals surface area contributed by atoms with Crippen LogP contribution in [0.3, 0.4) is 0 Å². The third kappa shape index (κ3) is 7.33. The van der Waals surface area contributed by atoms with Crippen LogP contribution in [0.25, 0.3) is 0 Å². The zero-order valence-corrected chi connectivity index (χ0v) is 24.7. The van der Waals surface area contributed by atoms with Crippen molar-refractivity contribution >= 4 is 12.5 Å². The maximum atomic E-state index is 12.8. The Hall–Kier alpha value is -2.15. The van der Waals surface area contributed by atoms with Gasteiger partial charge in [0.05, 0.1) is 5.54 Å². The van der Waals surface area contributed by atoms with Crippen LogP contribution >= 0.6 is 0 Å². The highest BCUT2D eigenvalue weighted by molar-refractivity contribution is 5.71. The lowest BCUT2D eigenvalue weighted by atomic mass is 9.63. The van der Waals surface area contributed by atoms with Gasteiger partial charge in [0.1, 0.15) is 12.4 Å². The van der Waals surface area contributed by atoms with Crippen molar-refractivity contribution in [1.29, 1.82) is 0 Å². The number of piperidine rings is 2. The molecule has 218 valence electrons. The number of benzene rings is 1. The van der Waals surface area contributed by atoms with Gasteiger partial charge in [-0.15, -0.1) is 0 Å². The number of amides is 2. The van der Waals surface area contributed by atoms with Gasteiger partial charge in [-0.2, -0.15) is 0 Å². The molecule has 3 saturated heterocycles. The van der Waals surface area contributed by atoms with Gasteiger partial charge in [0.2, 0.25) is 6.41 Å². The lowest BCUT2D eigenvalue weighted by Crippen LogP contribution is -2.54. The first-order chi connectivity index (χ1) is 18.6. The molecule has 1 aromatic carbocycles. The minimum absolute atomic E-state index is 0.139. The summed E-state index contributed by atoms with van der Waals surface area (Å²) >= 11 is 0. The number of carbonyl (C=O) groups excluding carboxylic acids is 2. The van der Waals surface area contributed by atoms with Crippen LogP contribution in [-0.4, -0.2) is 78.1 Å². The third-order valence-corrected chi connectivity index (χ3v) is 9.91. The average Bonchev–Trinajstić information content (AvgIpc) is 3.21. The Morgan fingerprint density at radius 2 is 1.67 bits per heavy atom. The minimum Gasteiger partial charge on any atom is -0.447 e. The van der Waals surface area contributed by atoms with Gasteiger partial charge in [0.15, 0.2) is 0 Å². The van der Waals surface area contributed by atoms with Crippen molar-refractivity contribution in [2.45, 2.75) is 103 Å². The van der Waals surface area contributed by atoms with Gasteiger partial charge in [-0.1, -0.05) is 31.4 Å². The summed E-state index contributed by atoms with van der Waals surface area (Å²) in [6.07, 6.45) is 11.8. The van der Waals surface area contributed by atoms with Crippen LogP contribution < -0.4 is 0 Å². The number of rotatable bonds is 6. The van der Waals surface area contributed by atoms with Gasteiger partial charge in [-0.25, -0.2) is 9.18 Å². The van der Waals surface area contributed by atoms with Crippen molar-refractivity contribution in [2.24, 2.45) is 11.3 Å². The Morgan fingerprint density at radius 3 is 2.23 bits per heavy atom. The Kier molecular flexibility index (Phi) is 9.95. The molecule has 6 nitrogen and oxygen atoms in total. The standard InChI is InChI=1S/C18H30N2O3.C14H20FN/c1-17(2)13-23-16(22)20(17)12-18(15-6-4-3-5-7-15)8-10-19(14-21)11-9-18;1-11(2)16-9-3-4-13(10-16)12-5-7-14(15)8-6-12/h14-15H,3-13H2,1-2H3;5-8,11,13H,3-4,9-10H2,1-2H3/t;13-/m.0/s1. The predicted molar refractivity (Wildman–Crippen MR) is 153 cm³/mol. The van der Waals surface area contributed by atoms with E-state index in [-0.39, 0.29) is 22.9 Å². The lowest BCUT2D eigenvalue weighted by molar-refractivity contribution is -0.121. The Bertz CT molecular complexity index is 936. The van der Waals surface area contributed by atoms with E-state index in [9.17, 15) is 14.0 Å². The first kappa shape index (κ1) is 29.8. The fourth-order valence-electron chi connectivity index (χ4n) is 7.20. The lowest BCUT2D eigenvalue weighted by Gasteiger charge is -2.50. The molecule has 4 aliphatic rings. The van der Waals surface area contributed by atoms with E-state index >= 15 is 0 Å². The molecule has 3 aliphatic heterocycles. The Morgan fingerprint density at radius 1 is 1.00 bits per heavy atom. The number of ether oxygens (including phenoxy) is 1. The van der Waals surface area contributed by atoms with E-state index in [0.717, 1.165) is 45.4 Å². The Balaban J connectivity index is 0.000000193. The van der Waals surface area contributed by atoms with E-state index in [2.05, 4.69) is 32.6 Å². The molecule has 3 heterocycles. The second kappa shape index (κ2) is 13.0. The first-order valence-electron chi connectivity index (χ1n) is 15.3. The quantitative estimate of drug-likeness (QED) is 0.387. The highest BCUT2D eigenvalue weighted by atomic mass is 19.1. The molecular formula is C32H50FN3O3. The molecular weight excluding hydrogens is 493 g/mol. The maximum absolute atomic E-state index is 12.8. The summed E-state index contributed by atoms with van der Waals surface area (Å²) in [4.78, 5) is 29.7. The number of carbonyl (C=O) groups is 2. The van der Waals surface area contributed by atoms with Gasteiger partial charge < -0.3 is 14.5 Å². The summed E-state index contributed by atoms with van der Waals surface area (Å²) in [6, 6.07) is 7.63. The smallest absolute Gasteiger partial charge is 0.410 e. The van der Waals surface area contributed by atoms with Gasteiger partial charge in [-0.05, 0) is 108 Å². The first-order valence-corrected chi connectivity index (χ1v) is 15.3. The van der Waals surface area contributed by atoms with Gasteiger partial charge in [0.25, 0.3) is 0 Å². The molecule has 1 aliphatic carbocycles. The van der Waals surface area contributed by atoms with E-state index < -0.39 is 0 Å². The fourth-order valence-corrected chi connectivity index (χ4v) is 7.20. The van der Waals surface area contributed by atoms with Gasteiger partial charge >= 0.3 is 6.09 Å². The van der Waals surface area contributed by atoms with Crippen molar-refractivity contribution in [2.75, 3.05) is 39.3 Å². The van der Waals surface area contributed by atoms with E-state index in [1.54, 1.807) is 12.1 Å². The van der Waals surface area contributed by atoms with Crippen molar-refractivity contribution in [3.8, 4) is 0 Å². The maximum Gasteiger partial charge on any atom is 0.410 e. The molecule has 1 aromatic rings. The molecule has 2 amide bonds. The number of hydrogen-bond donors (Lipinski definition) is 0. The monoisotopic (exact) mass is 543 g/mol. The normalized spacial score (nSPS) is 25.7. The minimum atomic E-state index is -0.222. The SMILES string of the molecule is CC(C)N1CCC[C@H](c2ccc(F)cc2)C1.CC1(C)COC(=O)N1CC1(C2CCCCC2)CCN(C=O)CC1. The summed E-state index contributed by atoms with van der Waals surface area (Å²) in [5.74, 6) is 1.12. The molecule has 0 N–H and O–H groups in total. The largest absolute Gasteiger partial charge is 0.447 e. The highest BCUT2D eigenvalue weighted by Gasteiger charge is 2.48. The molecule has 1 saturated carbocycles. The van der Waals surface area contributed by atoms with Crippen LogP contribution in [0.1, 0.15) is 97.0 Å². The van der Waals surface area contributed by atoms with E-state index in [4.69, 9.17) is 4.74 Å². The van der Waals surface area contributed by atoms with Crippen molar-refractivity contribution in [3.63, 3.8) is 0 Å². The molecule has 0 bridgehead atoms. The van der Waals surface area contributed by atoms with E-state index in [1.807, 2.05) is 21.9 Å². The second-order valence-electron chi connectivity index (χ2n) is 13.3. The summed E-state index contributed by atoms with van der Waals surface area (Å²) < 4.78 is 18.2. The summed E-state index contributed by atoms with van der Waals surface area (Å²) in [6.45, 7) is 13.9. The molecule has 5 rings (SSSR count). The number of cyclic esters (lactones) is 1. The number of likely N-dealkylation sites (tertiary alicyclic amines) is 2. The van der Waals surface area contributed by atoms with Crippen LogP contribution in [0.2, 0.25) is 0 Å². The zero-order valence-electron chi connectivity index (χ0n) is 24.7. The molecule has 7 heteroatoms. The van der Waals surface area contributed by atoms with Crippen LogP contribution in [0.15, 0.2) is 24.3 Å². The van der Waals surface area contributed by atoms with Crippen LogP contribution in [0.5, 0.6) is 0 Å².